The minimum absolute atomic E-state index is 0.137. The molecule has 1 atom stereocenters. The van der Waals surface area contributed by atoms with Gasteiger partial charge in [-0.3, -0.25) is 14.8 Å². The normalized spacial score (nSPS) is 21.7. The summed E-state index contributed by atoms with van der Waals surface area (Å²) in [6.45, 7) is -1.63. The first kappa shape index (κ1) is 29.0. The van der Waals surface area contributed by atoms with E-state index in [1.165, 1.54) is 56.1 Å². The molecule has 224 valence electrons. The van der Waals surface area contributed by atoms with E-state index in [0.29, 0.717) is 18.2 Å². The molecule has 4 N–H and O–H groups in total. The fraction of sp³-hybridized carbons (Fsp3) is 0.600. The van der Waals surface area contributed by atoms with Crippen LogP contribution in [0.1, 0.15) is 51.4 Å². The zero-order chi connectivity index (χ0) is 29.6. The summed E-state index contributed by atoms with van der Waals surface area (Å²) in [7, 11) is 1.51. The summed E-state index contributed by atoms with van der Waals surface area (Å²) in [5, 5.41) is 26.3. The molecule has 3 aromatic heterocycles. The van der Waals surface area contributed by atoms with E-state index in [2.05, 4.69) is 30.9 Å². The minimum Gasteiger partial charge on any atom is -0.380 e. The van der Waals surface area contributed by atoms with Gasteiger partial charge in [0, 0.05) is 38.2 Å². The third-order valence-corrected chi connectivity index (χ3v) is 7.88. The molecule has 1 unspecified atom stereocenters. The highest BCUT2D eigenvalue weighted by Gasteiger charge is 2.65. The van der Waals surface area contributed by atoms with Crippen molar-refractivity contribution < 1.29 is 36.2 Å². The van der Waals surface area contributed by atoms with E-state index in [-0.39, 0.29) is 35.0 Å². The second-order valence-corrected chi connectivity index (χ2v) is 10.8. The van der Waals surface area contributed by atoms with Crippen LogP contribution in [0.3, 0.4) is 0 Å². The summed E-state index contributed by atoms with van der Waals surface area (Å²) in [6, 6.07) is 0.690. The standard InChI is InChI=1S/C21H22F6N8O2.C4H8/c1-28-16-11-7-29-12(6-14(11)35(33-16)10-20(22,23)24)15-13(8-30-32-15)31-17(36)34-5-4-19(37,21(25,26)27)9-18(34)2-3-18;1-2-4-3-1/h6-8,37H,2-5,9-10H2,1H3,(H,28,33)(H,30,32)(H,31,36);1-4H2. The van der Waals surface area contributed by atoms with Crippen LogP contribution in [0.15, 0.2) is 18.5 Å². The van der Waals surface area contributed by atoms with Gasteiger partial charge in [0.15, 0.2) is 11.4 Å². The van der Waals surface area contributed by atoms with E-state index in [1.54, 1.807) is 0 Å². The second kappa shape index (κ2) is 10.4. The molecule has 0 bridgehead atoms. The van der Waals surface area contributed by atoms with Crippen molar-refractivity contribution in [1.82, 2.24) is 29.9 Å². The molecule has 3 fully saturated rings. The van der Waals surface area contributed by atoms with E-state index in [4.69, 9.17) is 0 Å². The lowest BCUT2D eigenvalue weighted by molar-refractivity contribution is -0.277. The quantitative estimate of drug-likeness (QED) is 0.301. The van der Waals surface area contributed by atoms with Crippen LogP contribution in [0.4, 0.5) is 42.6 Å². The van der Waals surface area contributed by atoms with Crippen LogP contribution in [0, 0.1) is 0 Å². The average Bonchev–Trinajstić information content (AvgIpc) is 3.28. The molecule has 0 radical (unpaired) electrons. The minimum atomic E-state index is -4.81. The van der Waals surface area contributed by atoms with E-state index < -0.39 is 48.9 Å². The topological polar surface area (TPSA) is 124 Å². The number of urea groups is 1. The lowest BCUT2D eigenvalue weighted by Gasteiger charge is -2.45. The van der Waals surface area contributed by atoms with Crippen LogP contribution >= 0.6 is 0 Å². The summed E-state index contributed by atoms with van der Waals surface area (Å²) in [4.78, 5) is 18.6. The Bertz CT molecular complexity index is 1410. The van der Waals surface area contributed by atoms with Crippen LogP contribution in [0.25, 0.3) is 22.3 Å². The molecule has 4 heterocycles. The Kier molecular flexibility index (Phi) is 7.32. The number of anilines is 2. The van der Waals surface area contributed by atoms with Crippen LogP contribution in [0.5, 0.6) is 0 Å². The first-order valence-corrected chi connectivity index (χ1v) is 13.3. The number of alkyl halides is 6. The number of rotatable bonds is 4. The van der Waals surface area contributed by atoms with Crippen molar-refractivity contribution in [3.8, 4) is 11.4 Å². The number of carbonyl (C=O) groups excluding carboxylic acids is 1. The number of piperidine rings is 1. The number of pyridine rings is 1. The van der Waals surface area contributed by atoms with Gasteiger partial charge in [-0.15, -0.1) is 0 Å². The molecule has 16 heteroatoms. The fourth-order valence-corrected chi connectivity index (χ4v) is 5.10. The number of aliphatic hydroxyl groups is 1. The van der Waals surface area contributed by atoms with E-state index in [0.717, 1.165) is 4.68 Å². The number of fused-ring (bicyclic) bond motifs is 1. The number of H-pyrrole nitrogens is 1. The summed E-state index contributed by atoms with van der Waals surface area (Å²) >= 11 is 0. The molecule has 10 nitrogen and oxygen atoms in total. The number of halogens is 6. The van der Waals surface area contributed by atoms with Gasteiger partial charge in [-0.1, -0.05) is 25.7 Å². The van der Waals surface area contributed by atoms with Crippen molar-refractivity contribution in [2.24, 2.45) is 0 Å². The van der Waals surface area contributed by atoms with Crippen molar-refractivity contribution in [2.75, 3.05) is 24.2 Å². The number of aromatic amines is 1. The maximum Gasteiger partial charge on any atom is 0.417 e. The molecule has 1 saturated heterocycles. The van der Waals surface area contributed by atoms with Gasteiger partial charge in [0.05, 0.1) is 28.5 Å². The number of nitrogens with one attached hydrogen (secondary N) is 3. The smallest absolute Gasteiger partial charge is 0.380 e. The zero-order valence-electron chi connectivity index (χ0n) is 22.2. The van der Waals surface area contributed by atoms with Crippen LogP contribution in [0.2, 0.25) is 0 Å². The highest BCUT2D eigenvalue weighted by atomic mass is 19.4. The molecule has 0 aromatic carbocycles. The molecule has 6 rings (SSSR count). The van der Waals surface area contributed by atoms with Gasteiger partial charge in [-0.2, -0.15) is 36.5 Å². The first-order valence-electron chi connectivity index (χ1n) is 13.3. The Balaban J connectivity index is 0.000000777. The number of aromatic nitrogens is 5. The van der Waals surface area contributed by atoms with Crippen LogP contribution in [-0.2, 0) is 6.54 Å². The summed E-state index contributed by atoms with van der Waals surface area (Å²) in [5.74, 6) is 0.204. The van der Waals surface area contributed by atoms with Crippen LogP contribution in [-0.4, -0.2) is 78.1 Å². The molecule has 3 aliphatic rings. The molecular weight excluding hydrogens is 558 g/mol. The SMILES string of the molecule is C1CCC1.CNc1nn(CC(F)(F)F)c2cc(-c3[nH]ncc3NC(=O)N3CCC(O)(C(F)(F)F)CC34CC4)ncc12. The maximum absolute atomic E-state index is 13.4. The molecule has 41 heavy (non-hydrogen) atoms. The number of carbonyl (C=O) groups is 1. The molecule has 3 aromatic rings. The van der Waals surface area contributed by atoms with Crippen molar-refractivity contribution >= 4 is 28.4 Å². The largest absolute Gasteiger partial charge is 0.417 e. The Hall–Kier alpha value is -3.56. The van der Waals surface area contributed by atoms with Gasteiger partial charge in [-0.25, -0.2) is 4.79 Å². The number of likely N-dealkylation sites (tertiary alicyclic amines) is 1. The van der Waals surface area contributed by atoms with Gasteiger partial charge in [0.25, 0.3) is 0 Å². The van der Waals surface area contributed by atoms with Crippen molar-refractivity contribution in [3.63, 3.8) is 0 Å². The van der Waals surface area contributed by atoms with E-state index in [9.17, 15) is 36.2 Å². The third kappa shape index (κ3) is 5.78. The second-order valence-electron chi connectivity index (χ2n) is 10.8. The van der Waals surface area contributed by atoms with Crippen molar-refractivity contribution in [3.05, 3.63) is 18.5 Å². The summed E-state index contributed by atoms with van der Waals surface area (Å²) < 4.78 is 80.1. The maximum atomic E-state index is 13.4. The molecular formula is C25H30F6N8O2. The van der Waals surface area contributed by atoms with Gasteiger partial charge in [-0.05, 0) is 18.9 Å². The molecule has 1 spiro atoms. The average molecular weight is 589 g/mol. The molecule has 2 aliphatic carbocycles. The van der Waals surface area contributed by atoms with E-state index >= 15 is 0 Å². The first-order chi connectivity index (χ1) is 19.3. The van der Waals surface area contributed by atoms with Gasteiger partial charge >= 0.3 is 18.4 Å². The highest BCUT2D eigenvalue weighted by molar-refractivity contribution is 5.96. The third-order valence-electron chi connectivity index (χ3n) is 7.88. The number of hydrogen-bond donors (Lipinski definition) is 4. The Morgan fingerprint density at radius 3 is 2.34 bits per heavy atom. The molecule has 1 aliphatic heterocycles. The molecule has 2 saturated carbocycles. The van der Waals surface area contributed by atoms with Crippen molar-refractivity contribution in [2.45, 2.75) is 81.4 Å². The van der Waals surface area contributed by atoms with Gasteiger partial charge in [0.2, 0.25) is 0 Å². The number of hydrogen-bond acceptors (Lipinski definition) is 6. The van der Waals surface area contributed by atoms with E-state index in [1.807, 2.05) is 0 Å². The fourth-order valence-electron chi connectivity index (χ4n) is 5.10. The lowest BCUT2D eigenvalue weighted by atomic mass is 9.84. The van der Waals surface area contributed by atoms with Gasteiger partial charge < -0.3 is 20.6 Å². The Labute approximate surface area is 230 Å². The predicted octanol–water partition coefficient (Wildman–Crippen LogP) is 5.44. The monoisotopic (exact) mass is 588 g/mol. The van der Waals surface area contributed by atoms with Crippen LogP contribution < -0.4 is 10.6 Å². The van der Waals surface area contributed by atoms with Gasteiger partial charge in [0.1, 0.15) is 12.2 Å². The Morgan fingerprint density at radius 2 is 1.78 bits per heavy atom. The Morgan fingerprint density at radius 1 is 1.10 bits per heavy atom. The van der Waals surface area contributed by atoms with Crippen molar-refractivity contribution in [1.29, 1.82) is 0 Å². The predicted molar refractivity (Wildman–Crippen MR) is 137 cm³/mol. The highest BCUT2D eigenvalue weighted by Crippen LogP contribution is 2.55. The number of nitrogens with zero attached hydrogens (tertiary/aromatic N) is 5. The number of amides is 2. The summed E-state index contributed by atoms with van der Waals surface area (Å²) in [6.07, 6.45) is -1.33. The lowest BCUT2D eigenvalue weighted by Crippen LogP contribution is -2.60. The zero-order valence-corrected chi connectivity index (χ0v) is 22.2. The summed E-state index contributed by atoms with van der Waals surface area (Å²) in [5.41, 5.74) is -3.32. The molecule has 2 amide bonds.